The first kappa shape index (κ1) is 24.3. The van der Waals surface area contributed by atoms with Crippen LogP contribution in [0.3, 0.4) is 0 Å². The van der Waals surface area contributed by atoms with Crippen molar-refractivity contribution in [3.8, 4) is 0 Å². The molecule has 0 radical (unpaired) electrons. The monoisotopic (exact) mass is 490 g/mol. The van der Waals surface area contributed by atoms with Gasteiger partial charge in [-0.05, 0) is 42.5 Å². The first-order chi connectivity index (χ1) is 15.5. The number of amides is 2. The number of nitrogens with zero attached hydrogens (tertiary/aromatic N) is 3. The molecule has 0 fully saturated rings. The Bertz CT molecular complexity index is 1400. The van der Waals surface area contributed by atoms with Gasteiger partial charge in [0, 0.05) is 32.3 Å². The van der Waals surface area contributed by atoms with Crippen LogP contribution in [-0.4, -0.2) is 56.3 Å². The Balaban J connectivity index is 2.05. The second-order valence-corrected chi connectivity index (χ2v) is 10.3. The summed E-state index contributed by atoms with van der Waals surface area (Å²) in [5, 5.41) is 2.69. The summed E-state index contributed by atoms with van der Waals surface area (Å²) in [5.74, 6) is -1.35. The second kappa shape index (κ2) is 9.65. The molecule has 12 heteroatoms. The van der Waals surface area contributed by atoms with E-state index in [1.54, 1.807) is 22.8 Å². The zero-order valence-corrected chi connectivity index (χ0v) is 20.0. The van der Waals surface area contributed by atoms with Crippen LogP contribution in [0.2, 0.25) is 0 Å². The molecule has 1 N–H and O–H groups in total. The Kier molecular flexibility index (Phi) is 7.10. The van der Waals surface area contributed by atoms with Crippen molar-refractivity contribution < 1.29 is 27.5 Å². The molecule has 10 nitrogen and oxygen atoms in total. The van der Waals surface area contributed by atoms with E-state index in [1.165, 1.54) is 63.7 Å². The van der Waals surface area contributed by atoms with Gasteiger partial charge in [-0.25, -0.2) is 12.7 Å². The maximum absolute atomic E-state index is 12.8. The number of nitrogens with one attached hydrogen (secondary N) is 1. The van der Waals surface area contributed by atoms with E-state index in [-0.39, 0.29) is 27.7 Å². The van der Waals surface area contributed by atoms with Crippen LogP contribution in [0, 0.1) is 0 Å². The highest BCUT2D eigenvalue weighted by atomic mass is 32.2. The molecular formula is C21H22N4O6S2. The third kappa shape index (κ3) is 5.35. The Labute approximate surface area is 194 Å². The van der Waals surface area contributed by atoms with E-state index in [0.717, 1.165) is 4.31 Å². The number of carbonyl (C=O) groups excluding carboxylic acids is 3. The van der Waals surface area contributed by atoms with Crippen LogP contribution in [0.1, 0.15) is 17.3 Å². The fraction of sp³-hybridized carbons (Fsp3) is 0.238. The number of rotatable bonds is 6. The summed E-state index contributed by atoms with van der Waals surface area (Å²) in [7, 11) is 0.477. The van der Waals surface area contributed by atoms with Crippen LogP contribution in [0.15, 0.2) is 52.4 Å². The molecule has 174 valence electrons. The van der Waals surface area contributed by atoms with Gasteiger partial charge in [0.1, 0.15) is 6.54 Å². The molecule has 0 saturated carbocycles. The van der Waals surface area contributed by atoms with E-state index in [0.29, 0.717) is 15.9 Å². The topological polar surface area (TPSA) is 127 Å². The number of carbonyl (C=O) groups is 3. The number of sulfonamides is 1. The van der Waals surface area contributed by atoms with Gasteiger partial charge in [0.05, 0.1) is 22.2 Å². The normalized spacial score (nSPS) is 12.2. The molecule has 0 aliphatic heterocycles. The molecule has 0 spiro atoms. The van der Waals surface area contributed by atoms with Crippen molar-refractivity contribution in [1.82, 2.24) is 8.87 Å². The van der Waals surface area contributed by atoms with Crippen LogP contribution >= 0.6 is 11.3 Å². The summed E-state index contributed by atoms with van der Waals surface area (Å²) in [5.41, 5.74) is 1.39. The summed E-state index contributed by atoms with van der Waals surface area (Å²) in [4.78, 5) is 40.6. The van der Waals surface area contributed by atoms with Crippen molar-refractivity contribution in [2.24, 2.45) is 4.99 Å². The fourth-order valence-electron chi connectivity index (χ4n) is 2.92. The highest BCUT2D eigenvalue weighted by molar-refractivity contribution is 7.89. The summed E-state index contributed by atoms with van der Waals surface area (Å²) in [6.45, 7) is 1.23. The number of anilines is 1. The Morgan fingerprint density at radius 1 is 1.12 bits per heavy atom. The van der Waals surface area contributed by atoms with Gasteiger partial charge in [-0.1, -0.05) is 11.3 Å². The van der Waals surface area contributed by atoms with Gasteiger partial charge in [0.15, 0.2) is 4.80 Å². The first-order valence-electron chi connectivity index (χ1n) is 9.62. The third-order valence-electron chi connectivity index (χ3n) is 4.60. The minimum absolute atomic E-state index is 0.0529. The van der Waals surface area contributed by atoms with Crippen molar-refractivity contribution in [2.75, 3.05) is 26.5 Å². The lowest BCUT2D eigenvalue weighted by Gasteiger charge is -2.11. The van der Waals surface area contributed by atoms with E-state index in [9.17, 15) is 22.8 Å². The number of fused-ring (bicyclic) bond motifs is 1. The predicted molar refractivity (Wildman–Crippen MR) is 123 cm³/mol. The molecule has 0 bridgehead atoms. The lowest BCUT2D eigenvalue weighted by Crippen LogP contribution is -2.23. The molecule has 2 aromatic carbocycles. The lowest BCUT2D eigenvalue weighted by atomic mass is 10.2. The van der Waals surface area contributed by atoms with Crippen LogP contribution in [0.25, 0.3) is 10.2 Å². The van der Waals surface area contributed by atoms with Gasteiger partial charge >= 0.3 is 5.97 Å². The third-order valence-corrected chi connectivity index (χ3v) is 7.47. The smallest absolute Gasteiger partial charge is 0.325 e. The second-order valence-electron chi connectivity index (χ2n) is 7.14. The van der Waals surface area contributed by atoms with E-state index in [2.05, 4.69) is 10.3 Å². The molecule has 0 atom stereocenters. The molecular weight excluding hydrogens is 468 g/mol. The number of methoxy groups -OCH3 is 1. The quantitative estimate of drug-likeness (QED) is 0.525. The van der Waals surface area contributed by atoms with E-state index >= 15 is 0 Å². The number of aromatic nitrogens is 1. The van der Waals surface area contributed by atoms with Crippen molar-refractivity contribution in [1.29, 1.82) is 0 Å². The highest BCUT2D eigenvalue weighted by Crippen LogP contribution is 2.22. The van der Waals surface area contributed by atoms with Gasteiger partial charge in [0.2, 0.25) is 15.9 Å². The zero-order chi connectivity index (χ0) is 24.3. The first-order valence-corrected chi connectivity index (χ1v) is 11.9. The number of ether oxygens (including phenoxy) is 1. The van der Waals surface area contributed by atoms with E-state index < -0.39 is 21.9 Å². The minimum atomic E-state index is -3.62. The van der Waals surface area contributed by atoms with Crippen LogP contribution < -0.4 is 10.1 Å². The number of hydrogen-bond acceptors (Lipinski definition) is 7. The van der Waals surface area contributed by atoms with Gasteiger partial charge in [-0.15, -0.1) is 0 Å². The number of hydrogen-bond donors (Lipinski definition) is 1. The summed E-state index contributed by atoms with van der Waals surface area (Å²) < 4.78 is 32.5. The Morgan fingerprint density at radius 3 is 2.36 bits per heavy atom. The molecule has 2 amide bonds. The molecule has 0 aliphatic rings. The van der Waals surface area contributed by atoms with Gasteiger partial charge in [0.25, 0.3) is 5.91 Å². The lowest BCUT2D eigenvalue weighted by molar-refractivity contribution is -0.141. The standard InChI is InChI=1S/C21H22N4O6S2/c1-13(26)22-15-7-10-17-18(11-15)32-21(25(17)12-19(27)31-4)23-20(28)14-5-8-16(9-6-14)33(29,30)24(2)3/h5-11H,12H2,1-4H3,(H,22,26). The molecule has 0 aliphatic carbocycles. The van der Waals surface area contributed by atoms with E-state index in [4.69, 9.17) is 4.74 Å². The van der Waals surface area contributed by atoms with Crippen LogP contribution in [0.4, 0.5) is 5.69 Å². The number of thiazole rings is 1. The molecule has 0 unspecified atom stereocenters. The minimum Gasteiger partial charge on any atom is -0.468 e. The van der Waals surface area contributed by atoms with Crippen LogP contribution in [0.5, 0.6) is 0 Å². The molecule has 1 aromatic heterocycles. The largest absolute Gasteiger partial charge is 0.468 e. The van der Waals surface area contributed by atoms with Crippen LogP contribution in [-0.2, 0) is 30.9 Å². The Hall–Kier alpha value is -3.35. The molecule has 3 aromatic rings. The molecule has 33 heavy (non-hydrogen) atoms. The summed E-state index contributed by atoms with van der Waals surface area (Å²) in [6.07, 6.45) is 0. The zero-order valence-electron chi connectivity index (χ0n) is 18.4. The van der Waals surface area contributed by atoms with Crippen molar-refractivity contribution >= 4 is 55.0 Å². The molecule has 1 heterocycles. The average molecular weight is 491 g/mol. The summed E-state index contributed by atoms with van der Waals surface area (Å²) >= 11 is 1.17. The van der Waals surface area contributed by atoms with Gasteiger partial charge in [-0.3, -0.25) is 14.4 Å². The van der Waals surface area contributed by atoms with Crippen molar-refractivity contribution in [2.45, 2.75) is 18.4 Å². The highest BCUT2D eigenvalue weighted by Gasteiger charge is 2.18. The average Bonchev–Trinajstić information content (AvgIpc) is 3.09. The predicted octanol–water partition coefficient (Wildman–Crippen LogP) is 1.83. The SMILES string of the molecule is COC(=O)Cn1c(=NC(=O)c2ccc(S(=O)(=O)N(C)C)cc2)sc2cc(NC(C)=O)ccc21. The summed E-state index contributed by atoms with van der Waals surface area (Å²) in [6, 6.07) is 10.6. The Morgan fingerprint density at radius 2 is 1.79 bits per heavy atom. The maximum atomic E-state index is 12.8. The number of esters is 1. The molecule has 0 saturated heterocycles. The van der Waals surface area contributed by atoms with Crippen molar-refractivity contribution in [3.63, 3.8) is 0 Å². The maximum Gasteiger partial charge on any atom is 0.325 e. The van der Waals surface area contributed by atoms with Gasteiger partial charge < -0.3 is 14.6 Å². The fourth-order valence-corrected chi connectivity index (χ4v) is 4.89. The van der Waals surface area contributed by atoms with E-state index in [1.807, 2.05) is 0 Å². The van der Waals surface area contributed by atoms with Gasteiger partial charge in [-0.2, -0.15) is 4.99 Å². The van der Waals surface area contributed by atoms with Crippen molar-refractivity contribution in [3.05, 3.63) is 52.8 Å². The number of benzene rings is 2. The molecule has 3 rings (SSSR count).